The van der Waals surface area contributed by atoms with Gasteiger partial charge in [0.1, 0.15) is 5.75 Å². The Balaban J connectivity index is 1.72. The smallest absolute Gasteiger partial charge is 0.416 e. The van der Waals surface area contributed by atoms with Crippen LogP contribution in [0.5, 0.6) is 5.75 Å². The van der Waals surface area contributed by atoms with Gasteiger partial charge in [0.2, 0.25) is 5.91 Å². The number of hydrogen-bond donors (Lipinski definition) is 5. The minimum absolute atomic E-state index is 0.0781. The number of nitrogens with one attached hydrogen (secondary N) is 4. The molecule has 0 heterocycles. The first kappa shape index (κ1) is 34.8. The van der Waals surface area contributed by atoms with Gasteiger partial charge in [-0.05, 0) is 54.4 Å². The van der Waals surface area contributed by atoms with Crippen molar-refractivity contribution >= 4 is 40.7 Å². The van der Waals surface area contributed by atoms with Crippen LogP contribution in [0.2, 0.25) is 10.0 Å². The van der Waals surface area contributed by atoms with Gasteiger partial charge in [0.05, 0.1) is 33.8 Å². The molecule has 238 valence electrons. The minimum atomic E-state index is -5.13. The SMILES string of the molecule is CCC(CNc1cccc(O)c1)NCC(=O)NC(CNC(=O)c1cc(C(F)(F)F)cc(C(F)(F)F)c1)c1ccc(Cl)c(Cl)c1. The van der Waals surface area contributed by atoms with E-state index in [0.29, 0.717) is 36.3 Å². The van der Waals surface area contributed by atoms with Crippen LogP contribution in [0.3, 0.4) is 0 Å². The average Bonchev–Trinajstić information content (AvgIpc) is 2.95. The van der Waals surface area contributed by atoms with Crippen LogP contribution in [0.4, 0.5) is 32.0 Å². The molecule has 3 rings (SSSR count). The average molecular weight is 665 g/mol. The highest BCUT2D eigenvalue weighted by atomic mass is 35.5. The highest BCUT2D eigenvalue weighted by Gasteiger charge is 2.37. The molecule has 0 saturated heterocycles. The first-order valence-electron chi connectivity index (χ1n) is 13.1. The number of alkyl halides is 6. The molecule has 0 aromatic heterocycles. The lowest BCUT2D eigenvalue weighted by Crippen LogP contribution is -2.45. The van der Waals surface area contributed by atoms with Crippen LogP contribution in [0.25, 0.3) is 0 Å². The predicted octanol–water partition coefficient (Wildman–Crippen LogP) is 6.80. The Morgan fingerprint density at radius 2 is 1.52 bits per heavy atom. The number of carbonyl (C=O) groups excluding carboxylic acids is 2. The highest BCUT2D eigenvalue weighted by molar-refractivity contribution is 6.42. The molecule has 3 aromatic carbocycles. The van der Waals surface area contributed by atoms with Gasteiger partial charge in [-0.25, -0.2) is 0 Å². The molecule has 0 spiro atoms. The lowest BCUT2D eigenvalue weighted by molar-refractivity contribution is -0.143. The van der Waals surface area contributed by atoms with Gasteiger partial charge in [0.25, 0.3) is 5.91 Å². The van der Waals surface area contributed by atoms with E-state index in [0.717, 1.165) is 0 Å². The van der Waals surface area contributed by atoms with E-state index >= 15 is 0 Å². The van der Waals surface area contributed by atoms with Gasteiger partial charge in [-0.1, -0.05) is 42.3 Å². The molecule has 0 aliphatic rings. The first-order chi connectivity index (χ1) is 20.6. The summed E-state index contributed by atoms with van der Waals surface area (Å²) in [6, 6.07) is 10.2. The monoisotopic (exact) mass is 664 g/mol. The molecule has 0 bridgehead atoms. The largest absolute Gasteiger partial charge is 0.508 e. The topological polar surface area (TPSA) is 102 Å². The summed E-state index contributed by atoms with van der Waals surface area (Å²) < 4.78 is 79.6. The van der Waals surface area contributed by atoms with E-state index < -0.39 is 53.4 Å². The fourth-order valence-corrected chi connectivity index (χ4v) is 4.37. The summed E-state index contributed by atoms with van der Waals surface area (Å²) in [7, 11) is 0. The van der Waals surface area contributed by atoms with Gasteiger partial charge >= 0.3 is 12.4 Å². The maximum atomic E-state index is 13.3. The van der Waals surface area contributed by atoms with E-state index in [1.807, 2.05) is 6.92 Å². The lowest BCUT2D eigenvalue weighted by atomic mass is 10.0. The lowest BCUT2D eigenvalue weighted by Gasteiger charge is -2.23. The Hall–Kier alpha value is -3.68. The zero-order chi connectivity index (χ0) is 32.7. The second-order valence-electron chi connectivity index (χ2n) is 9.72. The van der Waals surface area contributed by atoms with E-state index in [9.17, 15) is 41.0 Å². The zero-order valence-electron chi connectivity index (χ0n) is 23.0. The Morgan fingerprint density at radius 1 is 0.864 bits per heavy atom. The number of hydrogen-bond acceptors (Lipinski definition) is 5. The maximum Gasteiger partial charge on any atom is 0.416 e. The molecule has 0 saturated carbocycles. The molecular weight excluding hydrogens is 637 g/mol. The highest BCUT2D eigenvalue weighted by Crippen LogP contribution is 2.36. The van der Waals surface area contributed by atoms with Crippen LogP contribution in [0.1, 0.15) is 46.4 Å². The molecule has 2 atom stereocenters. The molecule has 0 aliphatic carbocycles. The third-order valence-corrected chi connectivity index (χ3v) is 7.18. The zero-order valence-corrected chi connectivity index (χ0v) is 24.6. The number of phenolic OH excluding ortho intramolecular Hbond substituents is 1. The van der Waals surface area contributed by atoms with Gasteiger partial charge in [0.15, 0.2) is 0 Å². The summed E-state index contributed by atoms with van der Waals surface area (Å²) in [5.41, 5.74) is -3.10. The summed E-state index contributed by atoms with van der Waals surface area (Å²) in [5.74, 6) is -1.66. The molecule has 5 N–H and O–H groups in total. The van der Waals surface area contributed by atoms with Crippen LogP contribution in [0, 0.1) is 0 Å². The fourth-order valence-electron chi connectivity index (χ4n) is 4.06. The van der Waals surface area contributed by atoms with Gasteiger partial charge < -0.3 is 26.4 Å². The van der Waals surface area contributed by atoms with Crippen molar-refractivity contribution in [1.82, 2.24) is 16.0 Å². The van der Waals surface area contributed by atoms with Crippen molar-refractivity contribution in [2.24, 2.45) is 0 Å². The Morgan fingerprint density at radius 3 is 2.09 bits per heavy atom. The van der Waals surface area contributed by atoms with Gasteiger partial charge in [-0.2, -0.15) is 26.3 Å². The Kier molecular flexibility index (Phi) is 11.8. The summed E-state index contributed by atoms with van der Waals surface area (Å²) in [6.07, 6.45) is -9.63. The Bertz CT molecular complexity index is 1440. The molecule has 0 aliphatic heterocycles. The molecule has 44 heavy (non-hydrogen) atoms. The third kappa shape index (κ3) is 10.2. The number of benzene rings is 3. The van der Waals surface area contributed by atoms with Crippen molar-refractivity contribution in [3.63, 3.8) is 0 Å². The molecule has 0 radical (unpaired) electrons. The number of halogens is 8. The van der Waals surface area contributed by atoms with Crippen molar-refractivity contribution in [3.05, 3.63) is 93.0 Å². The van der Waals surface area contributed by atoms with Crippen LogP contribution < -0.4 is 21.3 Å². The number of carbonyl (C=O) groups is 2. The van der Waals surface area contributed by atoms with Crippen molar-refractivity contribution in [3.8, 4) is 5.75 Å². The van der Waals surface area contributed by atoms with Crippen molar-refractivity contribution in [2.45, 2.75) is 37.8 Å². The molecule has 15 heteroatoms. The van der Waals surface area contributed by atoms with Crippen LogP contribution in [0.15, 0.2) is 60.7 Å². The minimum Gasteiger partial charge on any atom is -0.508 e. The number of amides is 2. The summed E-state index contributed by atoms with van der Waals surface area (Å²) in [6.45, 7) is 1.73. The molecular formula is C29H28Cl2F6N4O3. The number of aromatic hydroxyl groups is 1. The molecule has 2 amide bonds. The van der Waals surface area contributed by atoms with Gasteiger partial charge in [0, 0.05) is 36.4 Å². The molecule has 3 aromatic rings. The van der Waals surface area contributed by atoms with Crippen LogP contribution in [-0.4, -0.2) is 42.6 Å². The normalized spacial score (nSPS) is 13.2. The quantitative estimate of drug-likeness (QED) is 0.137. The van der Waals surface area contributed by atoms with E-state index in [4.69, 9.17) is 23.2 Å². The van der Waals surface area contributed by atoms with Crippen LogP contribution >= 0.6 is 23.2 Å². The Labute approximate surface area is 258 Å². The van der Waals surface area contributed by atoms with E-state index in [1.165, 1.54) is 24.3 Å². The summed E-state index contributed by atoms with van der Waals surface area (Å²) in [5, 5.41) is 21.1. The molecule has 7 nitrogen and oxygen atoms in total. The second kappa shape index (κ2) is 14.9. The van der Waals surface area contributed by atoms with E-state index in [1.54, 1.807) is 18.2 Å². The van der Waals surface area contributed by atoms with Gasteiger partial charge in [-0.15, -0.1) is 0 Å². The van der Waals surface area contributed by atoms with E-state index in [2.05, 4.69) is 21.3 Å². The summed E-state index contributed by atoms with van der Waals surface area (Å²) >= 11 is 12.1. The maximum absolute atomic E-state index is 13.3. The van der Waals surface area contributed by atoms with Crippen LogP contribution in [-0.2, 0) is 17.1 Å². The standard InChI is InChI=1S/C29H28Cl2F6N4O3/c1-2-20(13-38-21-4-3-5-22(42)12-21)39-15-26(43)41-25(16-6-7-23(30)24(31)10-16)14-40-27(44)17-8-18(28(32,33)34)11-19(9-17)29(35,36)37/h3-12,20,25,38-39,42H,2,13-15H2,1H3,(H,40,44)(H,41,43). The predicted molar refractivity (Wildman–Crippen MR) is 155 cm³/mol. The summed E-state index contributed by atoms with van der Waals surface area (Å²) in [4.78, 5) is 25.7. The van der Waals surface area contributed by atoms with Crippen molar-refractivity contribution < 1.29 is 41.0 Å². The number of anilines is 1. The molecule has 0 fully saturated rings. The molecule has 2 unspecified atom stereocenters. The second-order valence-corrected chi connectivity index (χ2v) is 10.5. The van der Waals surface area contributed by atoms with Gasteiger partial charge in [-0.3, -0.25) is 9.59 Å². The van der Waals surface area contributed by atoms with E-state index in [-0.39, 0.29) is 34.4 Å². The fraction of sp³-hybridized carbons (Fsp3) is 0.310. The first-order valence-corrected chi connectivity index (χ1v) is 13.9. The third-order valence-electron chi connectivity index (χ3n) is 6.44. The van der Waals surface area contributed by atoms with Crippen molar-refractivity contribution in [2.75, 3.05) is 25.0 Å². The van der Waals surface area contributed by atoms with Crippen molar-refractivity contribution in [1.29, 1.82) is 0 Å². The number of phenols is 1. The number of rotatable bonds is 12.